The zero-order chi connectivity index (χ0) is 30.1. The summed E-state index contributed by atoms with van der Waals surface area (Å²) in [5.74, 6) is -1.08. The van der Waals surface area contributed by atoms with E-state index in [4.69, 9.17) is 0 Å². The van der Waals surface area contributed by atoms with Crippen LogP contribution >= 0.6 is 0 Å². The van der Waals surface area contributed by atoms with Gasteiger partial charge in [-0.15, -0.1) is 0 Å². The zero-order valence-electron chi connectivity index (χ0n) is 22.9. The van der Waals surface area contributed by atoms with E-state index in [2.05, 4.69) is 5.32 Å². The molecule has 0 aromatic heterocycles. The van der Waals surface area contributed by atoms with Gasteiger partial charge >= 0.3 is 0 Å². The first kappa shape index (κ1) is 29.9. The number of amides is 2. The molecule has 0 bridgehead atoms. The number of hydrogen-bond donors (Lipinski definition) is 1. The smallest absolute Gasteiger partial charge is 0.271 e. The van der Waals surface area contributed by atoms with E-state index in [1.807, 2.05) is 48.5 Å². The Morgan fingerprint density at radius 2 is 1.40 bits per heavy atom. The van der Waals surface area contributed by atoms with Gasteiger partial charge in [-0.25, -0.2) is 8.42 Å². The monoisotopic (exact) mass is 586 g/mol. The molecule has 1 atom stereocenters. The maximum Gasteiger partial charge on any atom is 0.271 e. The molecule has 11 heteroatoms. The first-order valence-electron chi connectivity index (χ1n) is 13.1. The SMILES string of the molecule is CNC(=O)[C@@H](Cc1ccccc1)N(Cc1ccccc1)C(=O)CN(c1cccc([N+](=O)[O-])c1)S(=O)(=O)c1ccccc1. The van der Waals surface area contributed by atoms with Gasteiger partial charge in [-0.3, -0.25) is 24.0 Å². The quantitative estimate of drug-likeness (QED) is 0.196. The molecule has 0 aliphatic heterocycles. The Balaban J connectivity index is 1.80. The molecule has 2 amide bonds. The third-order valence-corrected chi connectivity index (χ3v) is 8.44. The molecule has 1 N–H and O–H groups in total. The zero-order valence-corrected chi connectivity index (χ0v) is 23.7. The third-order valence-electron chi connectivity index (χ3n) is 6.65. The van der Waals surface area contributed by atoms with E-state index in [1.165, 1.54) is 42.3 Å². The number of nitro groups is 1. The highest BCUT2D eigenvalue weighted by Crippen LogP contribution is 2.28. The number of likely N-dealkylation sites (N-methyl/N-ethyl adjacent to an activating group) is 1. The molecule has 4 aromatic rings. The summed E-state index contributed by atoms with van der Waals surface area (Å²) in [7, 11) is -2.87. The van der Waals surface area contributed by atoms with Crippen molar-refractivity contribution in [2.45, 2.75) is 23.9 Å². The Hall–Kier alpha value is -5.03. The summed E-state index contributed by atoms with van der Waals surface area (Å²) in [5.41, 5.74) is 1.16. The Morgan fingerprint density at radius 3 is 1.98 bits per heavy atom. The van der Waals surface area contributed by atoms with Crippen LogP contribution in [-0.2, 0) is 32.6 Å². The summed E-state index contributed by atoms with van der Waals surface area (Å²) >= 11 is 0. The van der Waals surface area contributed by atoms with Crippen LogP contribution in [0, 0.1) is 10.1 Å². The molecular weight excluding hydrogens is 556 g/mol. The summed E-state index contributed by atoms with van der Waals surface area (Å²) in [6.45, 7) is -0.674. The molecule has 0 spiro atoms. The van der Waals surface area contributed by atoms with E-state index < -0.39 is 39.3 Å². The van der Waals surface area contributed by atoms with Crippen molar-refractivity contribution in [3.63, 3.8) is 0 Å². The van der Waals surface area contributed by atoms with Gasteiger partial charge in [-0.05, 0) is 29.3 Å². The topological polar surface area (TPSA) is 130 Å². The molecule has 0 heterocycles. The van der Waals surface area contributed by atoms with E-state index in [-0.39, 0.29) is 29.2 Å². The van der Waals surface area contributed by atoms with E-state index in [0.29, 0.717) is 0 Å². The fourth-order valence-corrected chi connectivity index (χ4v) is 5.94. The van der Waals surface area contributed by atoms with Crippen LogP contribution in [0.1, 0.15) is 11.1 Å². The Labute approximate surface area is 244 Å². The Morgan fingerprint density at radius 1 is 0.833 bits per heavy atom. The number of hydrogen-bond acceptors (Lipinski definition) is 6. The predicted molar refractivity (Wildman–Crippen MR) is 159 cm³/mol. The molecule has 216 valence electrons. The second kappa shape index (κ2) is 13.6. The fraction of sp³-hybridized carbons (Fsp3) is 0.161. The maximum atomic E-state index is 14.2. The van der Waals surface area contributed by atoms with Gasteiger partial charge in [0.05, 0.1) is 15.5 Å². The van der Waals surface area contributed by atoms with Crippen molar-refractivity contribution in [2.24, 2.45) is 0 Å². The number of nitro benzene ring substituents is 1. The van der Waals surface area contributed by atoms with Crippen molar-refractivity contribution < 1.29 is 22.9 Å². The molecule has 42 heavy (non-hydrogen) atoms. The number of nitrogens with one attached hydrogen (secondary N) is 1. The first-order chi connectivity index (χ1) is 20.2. The average molecular weight is 587 g/mol. The van der Waals surface area contributed by atoms with Crippen LogP contribution in [0.15, 0.2) is 120 Å². The van der Waals surface area contributed by atoms with Crippen molar-refractivity contribution in [1.29, 1.82) is 0 Å². The number of sulfonamides is 1. The standard InChI is InChI=1S/C31H30N4O6S/c1-32-31(37)29(20-24-12-5-2-6-13-24)33(22-25-14-7-3-8-15-25)30(36)23-34(26-16-11-17-27(21-26)35(38)39)42(40,41)28-18-9-4-10-19-28/h2-19,21,29H,20,22-23H2,1H3,(H,32,37)/t29-/m1/s1. The minimum absolute atomic E-state index is 0.0265. The van der Waals surface area contributed by atoms with Gasteiger partial charge in [0.2, 0.25) is 11.8 Å². The first-order valence-corrected chi connectivity index (χ1v) is 14.6. The van der Waals surface area contributed by atoms with E-state index in [9.17, 15) is 28.1 Å². The molecule has 10 nitrogen and oxygen atoms in total. The van der Waals surface area contributed by atoms with Crippen molar-refractivity contribution in [3.8, 4) is 0 Å². The normalized spacial score (nSPS) is 11.7. The van der Waals surface area contributed by atoms with Crippen LogP contribution in [-0.4, -0.2) is 49.7 Å². The van der Waals surface area contributed by atoms with Gasteiger partial charge in [0.15, 0.2) is 0 Å². The Bertz CT molecular complexity index is 1630. The van der Waals surface area contributed by atoms with Crippen molar-refractivity contribution >= 4 is 33.2 Å². The van der Waals surface area contributed by atoms with Crippen LogP contribution < -0.4 is 9.62 Å². The highest BCUT2D eigenvalue weighted by Gasteiger charge is 2.34. The highest BCUT2D eigenvalue weighted by atomic mass is 32.2. The van der Waals surface area contributed by atoms with Crippen molar-refractivity contribution in [3.05, 3.63) is 137 Å². The van der Waals surface area contributed by atoms with Gasteiger partial charge in [0, 0.05) is 32.1 Å². The van der Waals surface area contributed by atoms with Crippen LogP contribution in [0.5, 0.6) is 0 Å². The second-order valence-electron chi connectivity index (χ2n) is 9.43. The molecule has 0 aliphatic carbocycles. The van der Waals surface area contributed by atoms with Gasteiger partial charge in [0.25, 0.3) is 15.7 Å². The second-order valence-corrected chi connectivity index (χ2v) is 11.3. The average Bonchev–Trinajstić information content (AvgIpc) is 3.02. The molecule has 0 unspecified atom stereocenters. The molecule has 0 radical (unpaired) electrons. The van der Waals surface area contributed by atoms with Gasteiger partial charge in [-0.2, -0.15) is 0 Å². The van der Waals surface area contributed by atoms with Crippen LogP contribution in [0.25, 0.3) is 0 Å². The summed E-state index contributed by atoms with van der Waals surface area (Å²) in [5, 5.41) is 14.1. The lowest BCUT2D eigenvalue weighted by Crippen LogP contribution is -2.53. The minimum atomic E-state index is -4.35. The lowest BCUT2D eigenvalue weighted by molar-refractivity contribution is -0.384. The lowest BCUT2D eigenvalue weighted by atomic mass is 10.0. The molecule has 0 aliphatic rings. The number of carbonyl (C=O) groups excluding carboxylic acids is 2. The number of nitrogens with zero attached hydrogens (tertiary/aromatic N) is 3. The number of carbonyl (C=O) groups is 2. The van der Waals surface area contributed by atoms with Crippen LogP contribution in [0.4, 0.5) is 11.4 Å². The molecule has 0 saturated heterocycles. The largest absolute Gasteiger partial charge is 0.357 e. The lowest BCUT2D eigenvalue weighted by Gasteiger charge is -2.33. The third kappa shape index (κ3) is 7.18. The Kier molecular flexibility index (Phi) is 9.66. The van der Waals surface area contributed by atoms with E-state index in [0.717, 1.165) is 21.5 Å². The highest BCUT2D eigenvalue weighted by molar-refractivity contribution is 7.92. The number of non-ortho nitro benzene ring substituents is 1. The number of benzene rings is 4. The van der Waals surface area contributed by atoms with Gasteiger partial charge < -0.3 is 10.2 Å². The summed E-state index contributed by atoms with van der Waals surface area (Å²) in [4.78, 5) is 39.6. The van der Waals surface area contributed by atoms with Crippen LogP contribution in [0.3, 0.4) is 0 Å². The van der Waals surface area contributed by atoms with Gasteiger partial charge in [-0.1, -0.05) is 84.9 Å². The summed E-state index contributed by atoms with van der Waals surface area (Å²) in [6.07, 6.45) is 0.182. The summed E-state index contributed by atoms with van der Waals surface area (Å²) in [6, 6.07) is 29.9. The van der Waals surface area contributed by atoms with E-state index in [1.54, 1.807) is 30.3 Å². The van der Waals surface area contributed by atoms with Gasteiger partial charge in [0.1, 0.15) is 12.6 Å². The van der Waals surface area contributed by atoms with Crippen LogP contribution in [0.2, 0.25) is 0 Å². The molecule has 0 fully saturated rings. The van der Waals surface area contributed by atoms with E-state index >= 15 is 0 Å². The maximum absolute atomic E-state index is 14.2. The molecule has 0 saturated carbocycles. The predicted octanol–water partition coefficient (Wildman–Crippen LogP) is 4.18. The number of anilines is 1. The van der Waals surface area contributed by atoms with Crippen molar-refractivity contribution in [1.82, 2.24) is 10.2 Å². The molecule has 4 aromatic carbocycles. The summed E-state index contributed by atoms with van der Waals surface area (Å²) < 4.78 is 28.6. The fourth-order valence-electron chi connectivity index (χ4n) is 4.51. The minimum Gasteiger partial charge on any atom is -0.357 e. The molecular formula is C31H30N4O6S. The number of rotatable bonds is 12. The van der Waals surface area contributed by atoms with Crippen molar-refractivity contribution in [2.75, 3.05) is 17.9 Å². The molecule has 4 rings (SSSR count).